The van der Waals surface area contributed by atoms with Crippen molar-refractivity contribution in [1.82, 2.24) is 4.98 Å². The molecule has 0 saturated carbocycles. The molecule has 0 unspecified atom stereocenters. The minimum Gasteiger partial charge on any atom is -0.504 e. The zero-order valence-corrected chi connectivity index (χ0v) is 8.88. The summed E-state index contributed by atoms with van der Waals surface area (Å²) in [5.74, 6) is -0.417. The van der Waals surface area contributed by atoms with Gasteiger partial charge in [0.15, 0.2) is 11.5 Å². The van der Waals surface area contributed by atoms with Crippen LogP contribution in [0.4, 0.5) is 5.69 Å². The van der Waals surface area contributed by atoms with E-state index in [1.807, 2.05) is 24.3 Å². The monoisotopic (exact) mass is 226 g/mol. The number of aromatic hydroxyl groups is 2. The summed E-state index contributed by atoms with van der Waals surface area (Å²) in [6.45, 7) is 0. The third-order valence-corrected chi connectivity index (χ3v) is 2.84. The van der Waals surface area contributed by atoms with Gasteiger partial charge in [-0.3, -0.25) is 0 Å². The molecule has 0 atom stereocenters. The molecule has 4 heteroatoms. The van der Waals surface area contributed by atoms with Crippen molar-refractivity contribution in [1.29, 1.82) is 0 Å². The second kappa shape index (κ2) is 3.25. The summed E-state index contributed by atoms with van der Waals surface area (Å²) in [5.41, 5.74) is 7.78. The molecule has 1 aromatic heterocycles. The first-order valence-corrected chi connectivity index (χ1v) is 5.17. The van der Waals surface area contributed by atoms with Crippen molar-refractivity contribution in [3.63, 3.8) is 0 Å². The summed E-state index contributed by atoms with van der Waals surface area (Å²) in [5, 5.41) is 20.5. The van der Waals surface area contributed by atoms with Gasteiger partial charge in [-0.25, -0.2) is 4.98 Å². The molecule has 0 aliphatic carbocycles. The number of nitrogens with zero attached hydrogens (tertiary/aromatic N) is 1. The number of hydrogen-bond acceptors (Lipinski definition) is 4. The van der Waals surface area contributed by atoms with Crippen LogP contribution >= 0.6 is 0 Å². The highest BCUT2D eigenvalue weighted by molar-refractivity contribution is 6.09. The standard InChI is InChI=1S/C13H10N2O2/c14-12-7-3-1-2-4-8(7)15-9-5-6-10(16)13(17)11(9)12/h1-6,16-17H,(H2,14,15). The highest BCUT2D eigenvalue weighted by Crippen LogP contribution is 2.38. The zero-order valence-electron chi connectivity index (χ0n) is 8.88. The van der Waals surface area contributed by atoms with Crippen molar-refractivity contribution < 1.29 is 10.2 Å². The van der Waals surface area contributed by atoms with E-state index in [0.29, 0.717) is 16.6 Å². The Morgan fingerprint density at radius 2 is 1.71 bits per heavy atom. The Bertz CT molecular complexity index is 738. The van der Waals surface area contributed by atoms with Crippen LogP contribution in [0.5, 0.6) is 11.5 Å². The maximum Gasteiger partial charge on any atom is 0.169 e. The molecule has 0 saturated heterocycles. The largest absolute Gasteiger partial charge is 0.504 e. The van der Waals surface area contributed by atoms with E-state index in [4.69, 9.17) is 5.73 Å². The van der Waals surface area contributed by atoms with Crippen molar-refractivity contribution in [2.24, 2.45) is 0 Å². The van der Waals surface area contributed by atoms with Gasteiger partial charge in [-0.15, -0.1) is 0 Å². The number of phenolic OH excluding ortho intramolecular Hbond substituents is 2. The van der Waals surface area contributed by atoms with Crippen molar-refractivity contribution in [3.05, 3.63) is 36.4 Å². The van der Waals surface area contributed by atoms with Gasteiger partial charge in [-0.1, -0.05) is 18.2 Å². The number of nitrogens with two attached hydrogens (primary N) is 1. The van der Waals surface area contributed by atoms with Gasteiger partial charge in [-0.05, 0) is 18.2 Å². The summed E-state index contributed by atoms with van der Waals surface area (Å²) in [6.07, 6.45) is 0. The fourth-order valence-corrected chi connectivity index (χ4v) is 1.99. The summed E-state index contributed by atoms with van der Waals surface area (Å²) in [6, 6.07) is 10.5. The summed E-state index contributed by atoms with van der Waals surface area (Å²) in [4.78, 5) is 4.39. The molecule has 2 aromatic carbocycles. The SMILES string of the molecule is Nc1c2ccccc2nc2ccc(O)c(O)c12. The molecule has 0 amide bonds. The highest BCUT2D eigenvalue weighted by atomic mass is 16.3. The average Bonchev–Trinajstić information content (AvgIpc) is 2.34. The lowest BCUT2D eigenvalue weighted by Crippen LogP contribution is -1.92. The Labute approximate surface area is 96.9 Å². The van der Waals surface area contributed by atoms with Gasteiger partial charge in [0.2, 0.25) is 0 Å². The van der Waals surface area contributed by atoms with Gasteiger partial charge < -0.3 is 15.9 Å². The molecule has 4 N–H and O–H groups in total. The summed E-state index contributed by atoms with van der Waals surface area (Å²) >= 11 is 0. The maximum absolute atomic E-state index is 9.83. The van der Waals surface area contributed by atoms with Gasteiger partial charge in [0.25, 0.3) is 0 Å². The third kappa shape index (κ3) is 1.27. The van der Waals surface area contributed by atoms with E-state index in [9.17, 15) is 10.2 Å². The molecule has 0 fully saturated rings. The number of aromatic nitrogens is 1. The molecule has 0 aliphatic rings. The van der Waals surface area contributed by atoms with E-state index in [0.717, 1.165) is 10.9 Å². The van der Waals surface area contributed by atoms with Crippen molar-refractivity contribution in [2.75, 3.05) is 5.73 Å². The molecule has 0 aliphatic heterocycles. The van der Waals surface area contributed by atoms with Gasteiger partial charge in [0, 0.05) is 5.39 Å². The van der Waals surface area contributed by atoms with Crippen LogP contribution in [0.2, 0.25) is 0 Å². The van der Waals surface area contributed by atoms with E-state index in [-0.39, 0.29) is 11.5 Å². The quantitative estimate of drug-likeness (QED) is 0.406. The first-order valence-electron chi connectivity index (χ1n) is 5.17. The number of nitrogen functional groups attached to an aromatic ring is 1. The molecule has 3 aromatic rings. The van der Waals surface area contributed by atoms with Crippen LogP contribution in [-0.2, 0) is 0 Å². The average molecular weight is 226 g/mol. The molecule has 84 valence electrons. The fourth-order valence-electron chi connectivity index (χ4n) is 1.99. The van der Waals surface area contributed by atoms with Crippen LogP contribution in [0.15, 0.2) is 36.4 Å². The maximum atomic E-state index is 9.83. The fraction of sp³-hybridized carbons (Fsp3) is 0. The number of phenols is 2. The second-order valence-electron chi connectivity index (χ2n) is 3.87. The minimum atomic E-state index is -0.224. The van der Waals surface area contributed by atoms with Gasteiger partial charge in [0.1, 0.15) is 0 Å². The van der Waals surface area contributed by atoms with Gasteiger partial charge in [0.05, 0.1) is 22.1 Å². The normalized spacial score (nSPS) is 11.1. The topological polar surface area (TPSA) is 79.4 Å². The van der Waals surface area contributed by atoms with Crippen LogP contribution < -0.4 is 5.73 Å². The lowest BCUT2D eigenvalue weighted by molar-refractivity contribution is 0.408. The number of fused-ring (bicyclic) bond motifs is 2. The number of rotatable bonds is 0. The van der Waals surface area contributed by atoms with Crippen LogP contribution in [0.3, 0.4) is 0 Å². The smallest absolute Gasteiger partial charge is 0.169 e. The molecule has 4 nitrogen and oxygen atoms in total. The van der Waals surface area contributed by atoms with Crippen LogP contribution in [0.1, 0.15) is 0 Å². The third-order valence-electron chi connectivity index (χ3n) is 2.84. The van der Waals surface area contributed by atoms with Crippen LogP contribution in [0.25, 0.3) is 21.8 Å². The Kier molecular flexibility index (Phi) is 1.86. The van der Waals surface area contributed by atoms with E-state index >= 15 is 0 Å². The second-order valence-corrected chi connectivity index (χ2v) is 3.87. The highest BCUT2D eigenvalue weighted by Gasteiger charge is 2.12. The number of pyridine rings is 1. The van der Waals surface area contributed by atoms with E-state index in [1.54, 1.807) is 6.07 Å². The van der Waals surface area contributed by atoms with E-state index in [2.05, 4.69) is 4.98 Å². The predicted octanol–water partition coefficient (Wildman–Crippen LogP) is 2.38. The number of benzene rings is 2. The molecular weight excluding hydrogens is 216 g/mol. The van der Waals surface area contributed by atoms with Crippen molar-refractivity contribution in [2.45, 2.75) is 0 Å². The molecule has 0 radical (unpaired) electrons. The predicted molar refractivity (Wildman–Crippen MR) is 67.0 cm³/mol. The molecule has 17 heavy (non-hydrogen) atoms. The first kappa shape index (κ1) is 9.72. The first-order chi connectivity index (χ1) is 8.18. The van der Waals surface area contributed by atoms with E-state index < -0.39 is 0 Å². The van der Waals surface area contributed by atoms with Crippen LogP contribution in [-0.4, -0.2) is 15.2 Å². The molecule has 3 rings (SSSR count). The van der Waals surface area contributed by atoms with E-state index in [1.165, 1.54) is 6.07 Å². The molecule has 1 heterocycles. The lowest BCUT2D eigenvalue weighted by Gasteiger charge is -2.08. The lowest BCUT2D eigenvalue weighted by atomic mass is 10.1. The Morgan fingerprint density at radius 1 is 0.941 bits per heavy atom. The molecular formula is C13H10N2O2. The Hall–Kier alpha value is -2.49. The minimum absolute atomic E-state index is 0.193. The molecule has 0 spiro atoms. The number of para-hydroxylation sites is 1. The summed E-state index contributed by atoms with van der Waals surface area (Å²) in [7, 11) is 0. The van der Waals surface area contributed by atoms with Crippen molar-refractivity contribution >= 4 is 27.5 Å². The Morgan fingerprint density at radius 3 is 2.53 bits per heavy atom. The number of anilines is 1. The van der Waals surface area contributed by atoms with Gasteiger partial charge in [-0.2, -0.15) is 0 Å². The van der Waals surface area contributed by atoms with Crippen molar-refractivity contribution in [3.8, 4) is 11.5 Å². The summed E-state index contributed by atoms with van der Waals surface area (Å²) < 4.78 is 0. The van der Waals surface area contributed by atoms with Crippen LogP contribution in [0, 0.1) is 0 Å². The number of hydrogen-bond donors (Lipinski definition) is 3. The van der Waals surface area contributed by atoms with Gasteiger partial charge >= 0.3 is 0 Å². The molecule has 0 bridgehead atoms. The zero-order chi connectivity index (χ0) is 12.0. The Balaban J connectivity index is 2.60.